The Hall–Kier alpha value is -1.32. The fraction of sp³-hybridized carbons (Fsp3) is 0.471. The third-order valence-electron chi connectivity index (χ3n) is 5.03. The van der Waals surface area contributed by atoms with Crippen LogP contribution in [0.5, 0.6) is 0 Å². The van der Waals surface area contributed by atoms with Crippen LogP contribution in [-0.4, -0.2) is 16.1 Å². The normalized spacial score (nSPS) is 26.0. The second kappa shape index (κ2) is 5.82. The first kappa shape index (κ1) is 14.6. The van der Waals surface area contributed by atoms with E-state index in [2.05, 4.69) is 16.5 Å². The molecule has 0 aliphatic heterocycles. The number of benzene rings is 1. The topological polar surface area (TPSA) is 43.8 Å². The van der Waals surface area contributed by atoms with Crippen LogP contribution < -0.4 is 5.73 Å². The van der Waals surface area contributed by atoms with Gasteiger partial charge in [0.2, 0.25) is 0 Å². The zero-order valence-corrected chi connectivity index (χ0v) is 13.2. The number of hydrogen-bond donors (Lipinski definition) is 1. The molecule has 4 heteroatoms. The van der Waals surface area contributed by atoms with Crippen molar-refractivity contribution in [3.05, 3.63) is 41.8 Å². The molecule has 21 heavy (non-hydrogen) atoms. The van der Waals surface area contributed by atoms with Gasteiger partial charge in [-0.15, -0.1) is 0 Å². The van der Waals surface area contributed by atoms with Crippen LogP contribution in [0.3, 0.4) is 0 Å². The van der Waals surface area contributed by atoms with E-state index >= 15 is 0 Å². The predicted molar refractivity (Wildman–Crippen MR) is 87.3 cm³/mol. The molecule has 112 valence electrons. The third-order valence-corrected chi connectivity index (χ3v) is 5.28. The van der Waals surface area contributed by atoms with Gasteiger partial charge in [-0.05, 0) is 36.5 Å². The van der Waals surface area contributed by atoms with Gasteiger partial charge in [0, 0.05) is 11.6 Å². The minimum absolute atomic E-state index is 0.0102. The second-order valence-corrected chi connectivity index (χ2v) is 6.55. The van der Waals surface area contributed by atoms with Crippen LogP contribution in [-0.2, 0) is 5.54 Å². The molecule has 2 atom stereocenters. The van der Waals surface area contributed by atoms with E-state index in [4.69, 9.17) is 17.3 Å². The highest BCUT2D eigenvalue weighted by Crippen LogP contribution is 2.41. The SMILES string of the molecule is CC1CCCCC1(CN)n1cncc1-c1ccc(Cl)cc1. The van der Waals surface area contributed by atoms with Crippen molar-refractivity contribution in [1.29, 1.82) is 0 Å². The zero-order valence-electron chi connectivity index (χ0n) is 12.4. The summed E-state index contributed by atoms with van der Waals surface area (Å²) in [6, 6.07) is 7.95. The summed E-state index contributed by atoms with van der Waals surface area (Å²) < 4.78 is 2.31. The lowest BCUT2D eigenvalue weighted by Gasteiger charge is -2.44. The van der Waals surface area contributed by atoms with Gasteiger partial charge >= 0.3 is 0 Å². The molecule has 1 fully saturated rings. The van der Waals surface area contributed by atoms with Crippen molar-refractivity contribution < 1.29 is 0 Å². The summed E-state index contributed by atoms with van der Waals surface area (Å²) in [5.41, 5.74) is 8.48. The van der Waals surface area contributed by atoms with Crippen LogP contribution in [0.15, 0.2) is 36.8 Å². The van der Waals surface area contributed by atoms with Crippen LogP contribution in [0.2, 0.25) is 5.02 Å². The Bertz CT molecular complexity index is 605. The summed E-state index contributed by atoms with van der Waals surface area (Å²) in [6.45, 7) is 2.97. The summed E-state index contributed by atoms with van der Waals surface area (Å²) >= 11 is 6.00. The first-order valence-corrected chi connectivity index (χ1v) is 8.04. The highest BCUT2D eigenvalue weighted by atomic mass is 35.5. The molecular formula is C17H22ClN3. The molecule has 0 bridgehead atoms. The van der Waals surface area contributed by atoms with Crippen LogP contribution >= 0.6 is 11.6 Å². The lowest BCUT2D eigenvalue weighted by Crippen LogP contribution is -2.48. The second-order valence-electron chi connectivity index (χ2n) is 6.11. The van der Waals surface area contributed by atoms with Crippen LogP contribution in [0.1, 0.15) is 32.6 Å². The number of hydrogen-bond acceptors (Lipinski definition) is 2. The molecule has 2 N–H and O–H groups in total. The molecule has 0 radical (unpaired) electrons. The molecule has 1 aromatic carbocycles. The maximum Gasteiger partial charge on any atom is 0.0956 e. The van der Waals surface area contributed by atoms with Crippen LogP contribution in [0, 0.1) is 5.92 Å². The maximum absolute atomic E-state index is 6.22. The third kappa shape index (κ3) is 2.49. The fourth-order valence-electron chi connectivity index (χ4n) is 3.64. The lowest BCUT2D eigenvalue weighted by molar-refractivity contribution is 0.127. The molecule has 2 unspecified atom stereocenters. The summed E-state index contributed by atoms with van der Waals surface area (Å²) in [4.78, 5) is 4.40. The van der Waals surface area contributed by atoms with Gasteiger partial charge in [-0.2, -0.15) is 0 Å². The van der Waals surface area contributed by atoms with Gasteiger partial charge < -0.3 is 10.3 Å². The molecule has 2 aromatic rings. The highest BCUT2D eigenvalue weighted by molar-refractivity contribution is 6.30. The van der Waals surface area contributed by atoms with Gasteiger partial charge in [-0.1, -0.05) is 43.5 Å². The highest BCUT2D eigenvalue weighted by Gasteiger charge is 2.39. The minimum Gasteiger partial charge on any atom is -0.328 e. The van der Waals surface area contributed by atoms with Crippen molar-refractivity contribution >= 4 is 11.6 Å². The molecule has 1 aliphatic carbocycles. The Labute approximate surface area is 131 Å². The fourth-order valence-corrected chi connectivity index (χ4v) is 3.77. The average molecular weight is 304 g/mol. The van der Waals surface area contributed by atoms with E-state index in [1.54, 1.807) is 0 Å². The summed E-state index contributed by atoms with van der Waals surface area (Å²) in [5.74, 6) is 0.566. The monoisotopic (exact) mass is 303 g/mol. The van der Waals surface area contributed by atoms with E-state index in [0.29, 0.717) is 12.5 Å². The quantitative estimate of drug-likeness (QED) is 0.929. The van der Waals surface area contributed by atoms with Crippen LogP contribution in [0.4, 0.5) is 0 Å². The van der Waals surface area contributed by atoms with Gasteiger partial charge in [0.15, 0.2) is 0 Å². The smallest absolute Gasteiger partial charge is 0.0956 e. The predicted octanol–water partition coefficient (Wildman–Crippen LogP) is 4.07. The van der Waals surface area contributed by atoms with E-state index in [0.717, 1.165) is 22.7 Å². The molecule has 3 nitrogen and oxygen atoms in total. The van der Waals surface area contributed by atoms with Crippen molar-refractivity contribution in [1.82, 2.24) is 9.55 Å². The Balaban J connectivity index is 2.06. The Morgan fingerprint density at radius 3 is 2.76 bits per heavy atom. The number of rotatable bonds is 3. The van der Waals surface area contributed by atoms with E-state index < -0.39 is 0 Å². The largest absolute Gasteiger partial charge is 0.328 e. The summed E-state index contributed by atoms with van der Waals surface area (Å²) in [7, 11) is 0. The zero-order chi connectivity index (χ0) is 14.9. The van der Waals surface area contributed by atoms with Crippen molar-refractivity contribution in [3.63, 3.8) is 0 Å². The van der Waals surface area contributed by atoms with Gasteiger partial charge in [-0.3, -0.25) is 0 Å². The summed E-state index contributed by atoms with van der Waals surface area (Å²) in [5, 5.41) is 0.754. The van der Waals surface area contributed by atoms with Gasteiger partial charge in [0.05, 0.1) is 23.8 Å². The molecule has 3 rings (SSSR count). The number of nitrogens with zero attached hydrogens (tertiary/aromatic N) is 2. The lowest BCUT2D eigenvalue weighted by atomic mass is 9.73. The minimum atomic E-state index is -0.0102. The van der Waals surface area contributed by atoms with Crippen molar-refractivity contribution in [2.45, 2.75) is 38.1 Å². The molecular weight excluding hydrogens is 282 g/mol. The molecule has 0 spiro atoms. The molecule has 0 amide bonds. The first-order valence-electron chi connectivity index (χ1n) is 7.66. The van der Waals surface area contributed by atoms with E-state index in [-0.39, 0.29) is 5.54 Å². The standard InChI is InChI=1S/C17H22ClN3/c1-13-4-2-3-9-17(13,11-19)21-12-20-10-16(21)14-5-7-15(18)8-6-14/h5-8,10,12-13H,2-4,9,11,19H2,1H3. The Morgan fingerprint density at radius 2 is 2.10 bits per heavy atom. The van der Waals surface area contributed by atoms with E-state index in [1.807, 2.05) is 36.8 Å². The molecule has 1 aromatic heterocycles. The van der Waals surface area contributed by atoms with Crippen molar-refractivity contribution in [2.24, 2.45) is 11.7 Å². The van der Waals surface area contributed by atoms with Gasteiger partial charge in [-0.25, -0.2) is 4.98 Å². The molecule has 0 saturated heterocycles. The number of halogens is 1. The molecule has 1 heterocycles. The first-order chi connectivity index (χ1) is 10.2. The number of aromatic nitrogens is 2. The molecule has 1 aliphatic rings. The van der Waals surface area contributed by atoms with Crippen LogP contribution in [0.25, 0.3) is 11.3 Å². The van der Waals surface area contributed by atoms with Gasteiger partial charge in [0.1, 0.15) is 0 Å². The summed E-state index contributed by atoms with van der Waals surface area (Å²) in [6.07, 6.45) is 8.77. The number of imidazole rings is 1. The average Bonchev–Trinajstić information content (AvgIpc) is 2.99. The Morgan fingerprint density at radius 1 is 1.33 bits per heavy atom. The Kier molecular flexibility index (Phi) is 4.05. The number of nitrogens with two attached hydrogens (primary N) is 1. The van der Waals surface area contributed by atoms with Crippen molar-refractivity contribution in [2.75, 3.05) is 6.54 Å². The van der Waals surface area contributed by atoms with E-state index in [9.17, 15) is 0 Å². The maximum atomic E-state index is 6.22. The van der Waals surface area contributed by atoms with Crippen molar-refractivity contribution in [3.8, 4) is 11.3 Å². The van der Waals surface area contributed by atoms with Gasteiger partial charge in [0.25, 0.3) is 0 Å². The van der Waals surface area contributed by atoms with E-state index in [1.165, 1.54) is 19.3 Å². The molecule has 1 saturated carbocycles.